The maximum Gasteiger partial charge on any atom is 0.295 e. The molecule has 2 aromatic rings. The van der Waals surface area contributed by atoms with Crippen molar-refractivity contribution in [2.75, 3.05) is 13.2 Å². The Balaban J connectivity index is 2.14. The average molecular weight is 351 g/mol. The molecule has 2 N–H and O–H groups in total. The first-order chi connectivity index (χ1) is 12.5. The molecule has 1 unspecified atom stereocenters. The van der Waals surface area contributed by atoms with E-state index in [1.54, 1.807) is 12.1 Å². The number of carbonyl (C=O) groups is 2. The first-order valence-corrected chi connectivity index (χ1v) is 8.56. The minimum absolute atomic E-state index is 0.0809. The molecule has 1 aliphatic heterocycles. The van der Waals surface area contributed by atoms with Gasteiger partial charge in [-0.05, 0) is 18.9 Å². The van der Waals surface area contributed by atoms with Gasteiger partial charge >= 0.3 is 0 Å². The highest BCUT2D eigenvalue weighted by Gasteiger charge is 2.45. The van der Waals surface area contributed by atoms with Gasteiger partial charge < -0.3 is 15.1 Å². The highest BCUT2D eigenvalue weighted by molar-refractivity contribution is 6.46. The number of aryl methyl sites for hydroxylation is 1. The van der Waals surface area contributed by atoms with Gasteiger partial charge in [0.1, 0.15) is 5.76 Å². The number of hydrogen-bond acceptors (Lipinski definition) is 4. The van der Waals surface area contributed by atoms with Crippen LogP contribution in [0.5, 0.6) is 0 Å². The topological polar surface area (TPSA) is 77.8 Å². The van der Waals surface area contributed by atoms with Crippen LogP contribution in [-0.4, -0.2) is 40.0 Å². The average Bonchev–Trinajstić information content (AvgIpc) is 2.91. The van der Waals surface area contributed by atoms with Crippen LogP contribution in [0.1, 0.15) is 29.2 Å². The summed E-state index contributed by atoms with van der Waals surface area (Å²) in [7, 11) is 0. The largest absolute Gasteiger partial charge is 0.507 e. The minimum Gasteiger partial charge on any atom is -0.507 e. The second-order valence-corrected chi connectivity index (χ2v) is 6.35. The van der Waals surface area contributed by atoms with Crippen molar-refractivity contribution in [2.45, 2.75) is 19.4 Å². The molecule has 1 amide bonds. The predicted octanol–water partition coefficient (Wildman–Crippen LogP) is 2.80. The van der Waals surface area contributed by atoms with Crippen LogP contribution < -0.4 is 0 Å². The summed E-state index contributed by atoms with van der Waals surface area (Å²) in [6, 6.07) is 15.6. The highest BCUT2D eigenvalue weighted by Crippen LogP contribution is 2.39. The third-order valence-corrected chi connectivity index (χ3v) is 4.54. The van der Waals surface area contributed by atoms with Crippen molar-refractivity contribution < 1.29 is 19.8 Å². The number of benzene rings is 2. The van der Waals surface area contributed by atoms with Crippen LogP contribution in [0.4, 0.5) is 0 Å². The van der Waals surface area contributed by atoms with Gasteiger partial charge in [0.05, 0.1) is 11.6 Å². The zero-order chi connectivity index (χ0) is 18.7. The molecule has 1 heterocycles. The van der Waals surface area contributed by atoms with Crippen molar-refractivity contribution >= 4 is 17.4 Å². The number of likely N-dealkylation sites (tertiary alicyclic amines) is 1. The molecule has 5 nitrogen and oxygen atoms in total. The molecule has 3 rings (SSSR count). The Labute approximate surface area is 152 Å². The zero-order valence-corrected chi connectivity index (χ0v) is 14.6. The fraction of sp³-hybridized carbons (Fsp3) is 0.238. The number of nitrogens with zero attached hydrogens (tertiary/aromatic N) is 1. The summed E-state index contributed by atoms with van der Waals surface area (Å²) in [5.74, 6) is -1.53. The molecule has 5 heteroatoms. The van der Waals surface area contributed by atoms with Gasteiger partial charge in [0.25, 0.3) is 11.7 Å². The van der Waals surface area contributed by atoms with E-state index in [4.69, 9.17) is 5.11 Å². The SMILES string of the molecule is Cc1ccc(/C(O)=C2/C(=O)C(=O)N(CCCO)C2c2ccccc2)cc1. The molecule has 1 atom stereocenters. The number of aliphatic hydroxyl groups excluding tert-OH is 2. The second-order valence-electron chi connectivity index (χ2n) is 6.35. The predicted molar refractivity (Wildman–Crippen MR) is 98.3 cm³/mol. The van der Waals surface area contributed by atoms with Crippen LogP contribution in [0.15, 0.2) is 60.2 Å². The van der Waals surface area contributed by atoms with E-state index in [1.807, 2.05) is 49.4 Å². The van der Waals surface area contributed by atoms with Gasteiger partial charge in [0, 0.05) is 18.7 Å². The molecule has 1 fully saturated rings. The summed E-state index contributed by atoms with van der Waals surface area (Å²) in [4.78, 5) is 26.6. The third kappa shape index (κ3) is 3.26. The first kappa shape index (κ1) is 17.9. The molecule has 26 heavy (non-hydrogen) atoms. The number of amides is 1. The Hall–Kier alpha value is -2.92. The van der Waals surface area contributed by atoms with Gasteiger partial charge in [-0.15, -0.1) is 0 Å². The summed E-state index contributed by atoms with van der Waals surface area (Å²) >= 11 is 0. The van der Waals surface area contributed by atoms with Gasteiger partial charge in [-0.1, -0.05) is 60.2 Å². The summed E-state index contributed by atoms with van der Waals surface area (Å²) in [6.07, 6.45) is 0.362. The summed E-state index contributed by atoms with van der Waals surface area (Å²) < 4.78 is 0. The number of rotatable bonds is 5. The number of aliphatic hydroxyl groups is 2. The van der Waals surface area contributed by atoms with Gasteiger partial charge in [-0.25, -0.2) is 0 Å². The van der Waals surface area contributed by atoms with Crippen LogP contribution in [0.25, 0.3) is 5.76 Å². The van der Waals surface area contributed by atoms with Gasteiger partial charge in [0.2, 0.25) is 0 Å². The third-order valence-electron chi connectivity index (χ3n) is 4.54. The number of ketones is 1. The maximum absolute atomic E-state index is 12.7. The Morgan fingerprint density at radius 2 is 1.69 bits per heavy atom. The molecule has 0 spiro atoms. The molecule has 0 bridgehead atoms. The van der Waals surface area contributed by atoms with Gasteiger partial charge in [0.15, 0.2) is 0 Å². The summed E-state index contributed by atoms with van der Waals surface area (Å²) in [6.45, 7) is 2.09. The smallest absolute Gasteiger partial charge is 0.295 e. The molecule has 2 aromatic carbocycles. The second kappa shape index (κ2) is 7.54. The van der Waals surface area contributed by atoms with E-state index in [0.717, 1.165) is 11.1 Å². The van der Waals surface area contributed by atoms with E-state index in [0.29, 0.717) is 12.0 Å². The van der Waals surface area contributed by atoms with Crippen LogP contribution in [0, 0.1) is 6.92 Å². The van der Waals surface area contributed by atoms with Crippen molar-refractivity contribution in [3.8, 4) is 0 Å². The lowest BCUT2D eigenvalue weighted by Crippen LogP contribution is -2.31. The molecule has 134 valence electrons. The lowest BCUT2D eigenvalue weighted by molar-refractivity contribution is -0.140. The van der Waals surface area contributed by atoms with Crippen molar-refractivity contribution in [3.63, 3.8) is 0 Å². The maximum atomic E-state index is 12.7. The fourth-order valence-electron chi connectivity index (χ4n) is 3.20. The standard InChI is InChI=1S/C21H21NO4/c1-14-8-10-16(11-9-14)19(24)17-18(15-6-3-2-4-7-15)22(12-5-13-23)21(26)20(17)25/h2-4,6-11,18,23-24H,5,12-13H2,1H3/b19-17-. The monoisotopic (exact) mass is 351 g/mol. The van der Waals surface area contributed by atoms with Crippen molar-refractivity contribution in [1.29, 1.82) is 0 Å². The van der Waals surface area contributed by atoms with Crippen molar-refractivity contribution in [1.82, 2.24) is 4.90 Å². The summed E-state index contributed by atoms with van der Waals surface area (Å²) in [5, 5.41) is 19.9. The Bertz CT molecular complexity index is 840. The van der Waals surface area contributed by atoms with Crippen molar-refractivity contribution in [2.24, 2.45) is 0 Å². The molecular formula is C21H21NO4. The van der Waals surface area contributed by atoms with E-state index in [1.165, 1.54) is 4.90 Å². The van der Waals surface area contributed by atoms with Crippen molar-refractivity contribution in [3.05, 3.63) is 76.9 Å². The molecule has 0 aromatic heterocycles. The van der Waals surface area contributed by atoms with E-state index in [2.05, 4.69) is 0 Å². The summed E-state index contributed by atoms with van der Waals surface area (Å²) in [5.41, 5.74) is 2.36. The molecule has 1 saturated heterocycles. The van der Waals surface area contributed by atoms with Gasteiger partial charge in [-0.3, -0.25) is 9.59 Å². The number of carbonyl (C=O) groups excluding carboxylic acids is 2. The fourth-order valence-corrected chi connectivity index (χ4v) is 3.20. The lowest BCUT2D eigenvalue weighted by Gasteiger charge is -2.25. The zero-order valence-electron chi connectivity index (χ0n) is 14.6. The lowest BCUT2D eigenvalue weighted by atomic mass is 9.95. The van der Waals surface area contributed by atoms with Crippen LogP contribution in [0.2, 0.25) is 0 Å². The Morgan fingerprint density at radius 3 is 2.31 bits per heavy atom. The number of Topliss-reactive ketones (excluding diaryl/α,β-unsaturated/α-hetero) is 1. The Kier molecular flexibility index (Phi) is 5.19. The van der Waals surface area contributed by atoms with Gasteiger partial charge in [-0.2, -0.15) is 0 Å². The van der Waals surface area contributed by atoms with Crippen LogP contribution in [0.3, 0.4) is 0 Å². The van der Waals surface area contributed by atoms with E-state index >= 15 is 0 Å². The molecule has 0 saturated carbocycles. The first-order valence-electron chi connectivity index (χ1n) is 8.56. The quantitative estimate of drug-likeness (QED) is 0.493. The molecular weight excluding hydrogens is 330 g/mol. The van der Waals surface area contributed by atoms with E-state index in [-0.39, 0.29) is 24.5 Å². The normalized spacial score (nSPS) is 19.2. The van der Waals surface area contributed by atoms with Crippen LogP contribution >= 0.6 is 0 Å². The minimum atomic E-state index is -0.699. The van der Waals surface area contributed by atoms with Crippen LogP contribution in [-0.2, 0) is 9.59 Å². The molecule has 0 radical (unpaired) electrons. The van der Waals surface area contributed by atoms with E-state index < -0.39 is 17.7 Å². The molecule has 0 aliphatic carbocycles. The van der Waals surface area contributed by atoms with E-state index in [9.17, 15) is 14.7 Å². The Morgan fingerprint density at radius 1 is 1.04 bits per heavy atom. The highest BCUT2D eigenvalue weighted by atomic mass is 16.3. The molecule has 1 aliphatic rings. The number of hydrogen-bond donors (Lipinski definition) is 2.